The highest BCUT2D eigenvalue weighted by molar-refractivity contribution is 6.31. The molecule has 3 rings (SSSR count). The highest BCUT2D eigenvalue weighted by atomic mass is 35.5. The van der Waals surface area contributed by atoms with E-state index in [9.17, 15) is 23.2 Å². The molecule has 3 N–H and O–H groups in total. The minimum absolute atomic E-state index is 0.119. The molecule has 0 aromatic heterocycles. The number of likely N-dealkylation sites (tertiary alicyclic amines) is 1. The van der Waals surface area contributed by atoms with E-state index in [2.05, 4.69) is 20.9 Å². The van der Waals surface area contributed by atoms with Gasteiger partial charge in [0, 0.05) is 56.0 Å². The van der Waals surface area contributed by atoms with Crippen LogP contribution in [0.5, 0.6) is 0 Å². The smallest absolute Gasteiger partial charge is 0.242 e. The molecule has 2 unspecified atom stereocenters. The Kier molecular flexibility index (Phi) is 10.3. The number of nitrogens with one attached hydrogen (secondary N) is 3. The van der Waals surface area contributed by atoms with Gasteiger partial charge in [0.15, 0.2) is 0 Å². The van der Waals surface area contributed by atoms with E-state index in [4.69, 9.17) is 23.2 Å². The Labute approximate surface area is 237 Å². The van der Waals surface area contributed by atoms with E-state index < -0.39 is 40.4 Å². The van der Waals surface area contributed by atoms with Gasteiger partial charge >= 0.3 is 0 Å². The zero-order valence-corrected chi connectivity index (χ0v) is 23.9. The van der Waals surface area contributed by atoms with Crippen molar-refractivity contribution in [2.24, 2.45) is 5.92 Å². The highest BCUT2D eigenvalue weighted by Crippen LogP contribution is 2.38. The fourth-order valence-electron chi connectivity index (χ4n) is 4.71. The number of benzene rings is 2. The summed E-state index contributed by atoms with van der Waals surface area (Å²) in [5, 5.41) is 8.11. The Hall–Kier alpha value is -2.75. The number of carbonyl (C=O) groups is 3. The number of amides is 3. The number of hydrogen-bond donors (Lipinski definition) is 3. The van der Waals surface area contributed by atoms with E-state index in [1.165, 1.54) is 19.1 Å². The van der Waals surface area contributed by atoms with Crippen molar-refractivity contribution >= 4 is 40.9 Å². The first-order chi connectivity index (χ1) is 18.3. The average molecular weight is 584 g/mol. The quantitative estimate of drug-likeness (QED) is 0.307. The first-order valence-corrected chi connectivity index (χ1v) is 13.5. The Bertz CT molecular complexity index is 1200. The Morgan fingerprint density at radius 1 is 1.03 bits per heavy atom. The molecule has 0 saturated carbocycles. The molecule has 2 aromatic carbocycles. The van der Waals surface area contributed by atoms with Crippen LogP contribution in [-0.4, -0.2) is 60.4 Å². The van der Waals surface area contributed by atoms with Crippen molar-refractivity contribution < 1.29 is 23.2 Å². The van der Waals surface area contributed by atoms with Crippen molar-refractivity contribution in [3.8, 4) is 0 Å². The van der Waals surface area contributed by atoms with Crippen molar-refractivity contribution in [2.75, 3.05) is 26.2 Å². The first-order valence-electron chi connectivity index (χ1n) is 12.7. The Morgan fingerprint density at radius 2 is 1.64 bits per heavy atom. The van der Waals surface area contributed by atoms with Gasteiger partial charge in [0.1, 0.15) is 22.7 Å². The van der Waals surface area contributed by atoms with Crippen LogP contribution in [0.3, 0.4) is 0 Å². The molecule has 3 atom stereocenters. The SMILES string of the molecule is CC(=O)N[C@@H](Cc1ccccc1Cl)C(=O)NCCNC(=O)C1CN(C(C)(C)C)CC1c1cc(F)c(Cl)c(F)c1. The molecule has 11 heteroatoms. The summed E-state index contributed by atoms with van der Waals surface area (Å²) in [6.45, 7) is 8.45. The molecule has 1 saturated heterocycles. The maximum atomic E-state index is 14.2. The zero-order chi connectivity index (χ0) is 28.9. The predicted molar refractivity (Wildman–Crippen MR) is 148 cm³/mol. The summed E-state index contributed by atoms with van der Waals surface area (Å²) in [5.74, 6) is -3.80. The van der Waals surface area contributed by atoms with Gasteiger partial charge in [0.25, 0.3) is 0 Å². The summed E-state index contributed by atoms with van der Waals surface area (Å²) < 4.78 is 28.4. The highest BCUT2D eigenvalue weighted by Gasteiger charge is 2.42. The zero-order valence-electron chi connectivity index (χ0n) is 22.4. The van der Waals surface area contributed by atoms with E-state index in [0.717, 1.165) is 0 Å². The van der Waals surface area contributed by atoms with E-state index in [0.29, 0.717) is 29.2 Å². The van der Waals surface area contributed by atoms with E-state index in [1.54, 1.807) is 24.3 Å². The van der Waals surface area contributed by atoms with Crippen LogP contribution in [0, 0.1) is 17.6 Å². The van der Waals surface area contributed by atoms with Crippen molar-refractivity contribution in [3.63, 3.8) is 0 Å². The van der Waals surface area contributed by atoms with Gasteiger partial charge in [-0.05, 0) is 50.1 Å². The normalized spacial score (nSPS) is 18.5. The van der Waals surface area contributed by atoms with Crippen LogP contribution in [0.25, 0.3) is 0 Å². The molecule has 0 spiro atoms. The topological polar surface area (TPSA) is 90.5 Å². The summed E-state index contributed by atoms with van der Waals surface area (Å²) >= 11 is 11.9. The van der Waals surface area contributed by atoms with Crippen LogP contribution < -0.4 is 16.0 Å². The van der Waals surface area contributed by atoms with Crippen molar-refractivity contribution in [1.29, 1.82) is 0 Å². The van der Waals surface area contributed by atoms with Crippen LogP contribution in [-0.2, 0) is 20.8 Å². The van der Waals surface area contributed by atoms with E-state index in [-0.39, 0.29) is 36.9 Å². The maximum absolute atomic E-state index is 14.2. The molecule has 2 aromatic rings. The third-order valence-corrected chi connectivity index (χ3v) is 7.57. The lowest BCUT2D eigenvalue weighted by Gasteiger charge is -2.31. The van der Waals surface area contributed by atoms with Gasteiger partial charge in [0.05, 0.1) is 5.92 Å². The van der Waals surface area contributed by atoms with Gasteiger partial charge in [-0.2, -0.15) is 0 Å². The molecule has 1 heterocycles. The Balaban J connectivity index is 1.63. The molecule has 1 aliphatic heterocycles. The van der Waals surface area contributed by atoms with Crippen molar-refractivity contribution in [2.45, 2.75) is 51.6 Å². The summed E-state index contributed by atoms with van der Waals surface area (Å²) in [7, 11) is 0. The largest absolute Gasteiger partial charge is 0.354 e. The molecule has 39 heavy (non-hydrogen) atoms. The molecule has 0 aliphatic carbocycles. The number of carbonyl (C=O) groups excluding carboxylic acids is 3. The third kappa shape index (κ3) is 8.13. The van der Waals surface area contributed by atoms with Gasteiger partial charge in [-0.3, -0.25) is 19.3 Å². The van der Waals surface area contributed by atoms with Gasteiger partial charge in [0.2, 0.25) is 17.7 Å². The molecular formula is C28H34Cl2F2N4O3. The molecule has 0 bridgehead atoms. The summed E-state index contributed by atoms with van der Waals surface area (Å²) in [6, 6.07) is 8.59. The van der Waals surface area contributed by atoms with Crippen molar-refractivity contribution in [3.05, 3.63) is 69.2 Å². The molecule has 1 fully saturated rings. The molecule has 7 nitrogen and oxygen atoms in total. The van der Waals surface area contributed by atoms with Crippen LogP contribution >= 0.6 is 23.2 Å². The summed E-state index contributed by atoms with van der Waals surface area (Å²) in [6.07, 6.45) is 0.206. The van der Waals surface area contributed by atoms with Gasteiger partial charge < -0.3 is 16.0 Å². The second-order valence-corrected chi connectivity index (χ2v) is 11.5. The first kappa shape index (κ1) is 30.8. The summed E-state index contributed by atoms with van der Waals surface area (Å²) in [5.41, 5.74) is 0.824. The Morgan fingerprint density at radius 3 is 2.23 bits per heavy atom. The van der Waals surface area contributed by atoms with E-state index in [1.807, 2.05) is 20.8 Å². The molecule has 1 aliphatic rings. The van der Waals surface area contributed by atoms with Crippen LogP contribution in [0.15, 0.2) is 36.4 Å². The predicted octanol–water partition coefficient (Wildman–Crippen LogP) is 4.07. The second kappa shape index (κ2) is 13.1. The van der Waals surface area contributed by atoms with Gasteiger partial charge in [-0.25, -0.2) is 8.78 Å². The lowest BCUT2D eigenvalue weighted by atomic mass is 9.88. The average Bonchev–Trinajstić information content (AvgIpc) is 3.32. The number of nitrogens with zero attached hydrogens (tertiary/aromatic N) is 1. The number of hydrogen-bond acceptors (Lipinski definition) is 4. The molecular weight excluding hydrogens is 549 g/mol. The third-order valence-electron chi connectivity index (χ3n) is 6.84. The fourth-order valence-corrected chi connectivity index (χ4v) is 5.03. The standard InChI is InChI=1S/C28H34Cl2F2N4O3/c1-16(37)35-24(13-17-7-5-6-8-21(17)29)27(39)34-10-9-33-26(38)20-15-36(28(2,3)4)14-19(20)18-11-22(31)25(30)23(32)12-18/h5-8,11-12,19-20,24H,9-10,13-15H2,1-4H3,(H,33,38)(H,34,39)(H,35,37)/t19?,20?,24-/m0/s1. The molecule has 0 radical (unpaired) electrons. The maximum Gasteiger partial charge on any atom is 0.242 e. The van der Waals surface area contributed by atoms with Crippen LogP contribution in [0.4, 0.5) is 8.78 Å². The van der Waals surface area contributed by atoms with Crippen LogP contribution in [0.2, 0.25) is 10.0 Å². The monoisotopic (exact) mass is 582 g/mol. The number of halogens is 4. The van der Waals surface area contributed by atoms with Crippen LogP contribution in [0.1, 0.15) is 44.7 Å². The fraction of sp³-hybridized carbons (Fsp3) is 0.464. The molecule has 212 valence electrons. The summed E-state index contributed by atoms with van der Waals surface area (Å²) in [4.78, 5) is 39.8. The lowest BCUT2D eigenvalue weighted by Crippen LogP contribution is -2.49. The second-order valence-electron chi connectivity index (χ2n) is 10.7. The van der Waals surface area contributed by atoms with Gasteiger partial charge in [-0.15, -0.1) is 0 Å². The number of rotatable bonds is 9. The lowest BCUT2D eigenvalue weighted by molar-refractivity contribution is -0.128. The van der Waals surface area contributed by atoms with Gasteiger partial charge in [-0.1, -0.05) is 41.4 Å². The van der Waals surface area contributed by atoms with Crippen molar-refractivity contribution in [1.82, 2.24) is 20.9 Å². The van der Waals surface area contributed by atoms with E-state index >= 15 is 0 Å². The molecule has 3 amide bonds. The minimum Gasteiger partial charge on any atom is -0.354 e. The minimum atomic E-state index is -0.867.